The van der Waals surface area contributed by atoms with Crippen LogP contribution in [-0.4, -0.2) is 0 Å². The summed E-state index contributed by atoms with van der Waals surface area (Å²) < 4.78 is 1.68. The molecule has 0 aliphatic heterocycles. The third kappa shape index (κ3) is 9.00. The molecule has 1 heteroatoms. The molecule has 1 aliphatic carbocycles. The first-order chi connectivity index (χ1) is 8.93. The van der Waals surface area contributed by atoms with E-state index in [0.717, 1.165) is 15.0 Å². The van der Waals surface area contributed by atoms with Crippen molar-refractivity contribution >= 4 is 0 Å². The minimum atomic E-state index is 1.07. The first-order valence-electron chi connectivity index (χ1n) is 7.88. The predicted octanol–water partition coefficient (Wildman–Crippen LogP) is 6.25. The van der Waals surface area contributed by atoms with Crippen LogP contribution in [0.3, 0.4) is 0 Å². The van der Waals surface area contributed by atoms with Gasteiger partial charge in [0.25, 0.3) is 0 Å². The molecule has 0 bridgehead atoms. The van der Waals surface area contributed by atoms with Gasteiger partial charge in [-0.25, -0.2) is 0 Å². The molecule has 0 radical (unpaired) electrons. The van der Waals surface area contributed by atoms with Crippen LogP contribution in [0, 0.1) is 0 Å². The van der Waals surface area contributed by atoms with E-state index in [1.807, 2.05) is 0 Å². The summed E-state index contributed by atoms with van der Waals surface area (Å²) in [5.41, 5.74) is 0. The SMILES string of the molecule is CCCCCCCCCCC[CH2][Mn][C]1=CC=CC1. The Hall–Kier alpha value is -0.000519. The van der Waals surface area contributed by atoms with Crippen LogP contribution in [-0.2, 0) is 15.0 Å². The van der Waals surface area contributed by atoms with Gasteiger partial charge in [-0.2, -0.15) is 0 Å². The summed E-state index contributed by atoms with van der Waals surface area (Å²) in [7, 11) is 0. The van der Waals surface area contributed by atoms with Gasteiger partial charge in [-0.1, -0.05) is 0 Å². The molecule has 0 N–H and O–H groups in total. The van der Waals surface area contributed by atoms with Crippen molar-refractivity contribution in [3.05, 3.63) is 22.7 Å². The Morgan fingerprint density at radius 1 is 0.889 bits per heavy atom. The van der Waals surface area contributed by atoms with Gasteiger partial charge in [0.15, 0.2) is 0 Å². The van der Waals surface area contributed by atoms with Gasteiger partial charge in [-0.3, -0.25) is 0 Å². The van der Waals surface area contributed by atoms with E-state index in [-0.39, 0.29) is 0 Å². The maximum absolute atomic E-state index is 2.32. The molecular formula is C17H30Mn. The average molecular weight is 289 g/mol. The monoisotopic (exact) mass is 289 g/mol. The molecule has 1 rings (SSSR count). The van der Waals surface area contributed by atoms with Crippen molar-refractivity contribution in [2.24, 2.45) is 0 Å². The number of hydrogen-bond donors (Lipinski definition) is 0. The molecule has 0 saturated carbocycles. The van der Waals surface area contributed by atoms with Crippen molar-refractivity contribution in [2.75, 3.05) is 0 Å². The fourth-order valence-corrected chi connectivity index (χ4v) is 3.74. The van der Waals surface area contributed by atoms with E-state index < -0.39 is 0 Å². The van der Waals surface area contributed by atoms with E-state index in [2.05, 4.69) is 25.2 Å². The molecular weight excluding hydrogens is 259 g/mol. The number of hydrogen-bond acceptors (Lipinski definition) is 0. The number of unbranched alkanes of at least 4 members (excludes halogenated alkanes) is 9. The van der Waals surface area contributed by atoms with Gasteiger partial charge in [0.2, 0.25) is 0 Å². The molecule has 18 heavy (non-hydrogen) atoms. The fourth-order valence-electron chi connectivity index (χ4n) is 2.29. The van der Waals surface area contributed by atoms with Gasteiger partial charge >= 0.3 is 121 Å². The summed E-state index contributed by atoms with van der Waals surface area (Å²) in [5.74, 6) is 0. The second-order valence-electron chi connectivity index (χ2n) is 5.25. The number of rotatable bonds is 12. The second-order valence-corrected chi connectivity index (χ2v) is 7.02. The molecule has 0 spiro atoms. The van der Waals surface area contributed by atoms with E-state index in [1.54, 1.807) is 4.47 Å². The minimum absolute atomic E-state index is 1.07. The topological polar surface area (TPSA) is 0 Å². The molecule has 0 fully saturated rings. The van der Waals surface area contributed by atoms with Gasteiger partial charge in [-0.05, 0) is 0 Å². The van der Waals surface area contributed by atoms with Gasteiger partial charge in [0.1, 0.15) is 0 Å². The van der Waals surface area contributed by atoms with Crippen LogP contribution >= 0.6 is 0 Å². The van der Waals surface area contributed by atoms with E-state index in [9.17, 15) is 0 Å². The molecule has 0 aromatic carbocycles. The van der Waals surface area contributed by atoms with Crippen LogP contribution in [0.2, 0.25) is 5.32 Å². The summed E-state index contributed by atoms with van der Waals surface area (Å²) in [6, 6.07) is 0. The standard InChI is InChI=1S/C12H25.C5H5.Mn/c1-3-5-7-9-11-12-10-8-6-4-2;1-2-4-5-3-1;/h1,3-12H2,2H3;1-3H,4H2;. The van der Waals surface area contributed by atoms with Crippen LogP contribution in [0.4, 0.5) is 0 Å². The summed E-state index contributed by atoms with van der Waals surface area (Å²) in [4.78, 5) is 0. The Morgan fingerprint density at radius 2 is 1.50 bits per heavy atom. The summed E-state index contributed by atoms with van der Waals surface area (Å²) >= 11 is 1.07. The van der Waals surface area contributed by atoms with Crippen LogP contribution in [0.5, 0.6) is 0 Å². The van der Waals surface area contributed by atoms with Crippen LogP contribution in [0.1, 0.15) is 77.6 Å². The fraction of sp³-hybridized carbons (Fsp3) is 0.765. The first-order valence-corrected chi connectivity index (χ1v) is 9.31. The Morgan fingerprint density at radius 3 is 2.06 bits per heavy atom. The van der Waals surface area contributed by atoms with E-state index in [4.69, 9.17) is 0 Å². The normalized spacial score (nSPS) is 14.2. The zero-order valence-corrected chi connectivity index (χ0v) is 13.3. The van der Waals surface area contributed by atoms with Crippen molar-refractivity contribution in [2.45, 2.75) is 82.9 Å². The Labute approximate surface area is 120 Å². The van der Waals surface area contributed by atoms with Crippen molar-refractivity contribution in [3.63, 3.8) is 0 Å². The summed E-state index contributed by atoms with van der Waals surface area (Å²) in [6.07, 6.45) is 22.6. The molecule has 0 amide bonds. The van der Waals surface area contributed by atoms with E-state index in [1.165, 1.54) is 75.9 Å². The molecule has 0 nitrogen and oxygen atoms in total. The molecule has 0 heterocycles. The van der Waals surface area contributed by atoms with E-state index in [0.29, 0.717) is 0 Å². The van der Waals surface area contributed by atoms with Crippen LogP contribution in [0.25, 0.3) is 0 Å². The first kappa shape index (κ1) is 16.1. The Bertz CT molecular complexity index is 240. The van der Waals surface area contributed by atoms with Gasteiger partial charge in [-0.15, -0.1) is 0 Å². The van der Waals surface area contributed by atoms with Crippen molar-refractivity contribution in [1.29, 1.82) is 0 Å². The molecule has 0 saturated heterocycles. The average Bonchev–Trinajstić information content (AvgIpc) is 2.89. The third-order valence-corrected chi connectivity index (χ3v) is 5.17. The van der Waals surface area contributed by atoms with Crippen molar-refractivity contribution < 1.29 is 15.0 Å². The van der Waals surface area contributed by atoms with Gasteiger partial charge in [0, 0.05) is 0 Å². The van der Waals surface area contributed by atoms with Gasteiger partial charge < -0.3 is 0 Å². The maximum atomic E-state index is 2.32. The molecule has 1 aliphatic rings. The van der Waals surface area contributed by atoms with Crippen molar-refractivity contribution in [1.82, 2.24) is 0 Å². The number of allylic oxidation sites excluding steroid dienone is 4. The zero-order chi connectivity index (χ0) is 12.9. The van der Waals surface area contributed by atoms with Crippen LogP contribution < -0.4 is 0 Å². The predicted molar refractivity (Wildman–Crippen MR) is 78.5 cm³/mol. The molecule has 0 aromatic heterocycles. The summed E-state index contributed by atoms with van der Waals surface area (Å²) in [6.45, 7) is 2.29. The molecule has 0 atom stereocenters. The molecule has 0 aromatic rings. The molecule has 105 valence electrons. The quantitative estimate of drug-likeness (QED) is 0.294. The third-order valence-electron chi connectivity index (χ3n) is 3.48. The molecule has 0 unspecified atom stereocenters. The Kier molecular flexibility index (Phi) is 10.8. The summed E-state index contributed by atoms with van der Waals surface area (Å²) in [5, 5.41) is 1.44. The second kappa shape index (κ2) is 12.1. The van der Waals surface area contributed by atoms with Crippen molar-refractivity contribution in [3.8, 4) is 0 Å². The van der Waals surface area contributed by atoms with E-state index >= 15 is 0 Å². The van der Waals surface area contributed by atoms with Crippen LogP contribution in [0.15, 0.2) is 22.7 Å². The zero-order valence-electron chi connectivity index (χ0n) is 12.1. The van der Waals surface area contributed by atoms with Gasteiger partial charge in [0.05, 0.1) is 0 Å². The Balaban J connectivity index is 1.71.